The van der Waals surface area contributed by atoms with Gasteiger partial charge in [0.05, 0.1) is 18.5 Å². The molecular weight excluding hydrogens is 252 g/mol. The Kier molecular flexibility index (Phi) is 3.38. The van der Waals surface area contributed by atoms with Crippen molar-refractivity contribution in [2.75, 3.05) is 18.2 Å². The van der Waals surface area contributed by atoms with E-state index in [1.54, 1.807) is 17.5 Å². The molecule has 0 saturated heterocycles. The molecule has 1 heterocycles. The third-order valence-corrected chi connectivity index (χ3v) is 3.23. The minimum atomic E-state index is -0.292. The minimum Gasteiger partial charge on any atom is -0.508 e. The van der Waals surface area contributed by atoms with E-state index in [9.17, 15) is 9.90 Å². The van der Waals surface area contributed by atoms with Gasteiger partial charge in [-0.1, -0.05) is 0 Å². The summed E-state index contributed by atoms with van der Waals surface area (Å²) >= 11 is 1.28. The Bertz CT molecular complexity index is 580. The number of benzene rings is 1. The van der Waals surface area contributed by atoms with Crippen LogP contribution in [0.4, 0.5) is 11.4 Å². The molecule has 6 heteroatoms. The lowest BCUT2D eigenvalue weighted by atomic mass is 10.2. The predicted octanol–water partition coefficient (Wildman–Crippen LogP) is 2.30. The van der Waals surface area contributed by atoms with Crippen LogP contribution in [0.2, 0.25) is 0 Å². The number of phenolic OH excluding ortho intramolecular Hbond substituents is 1. The fourth-order valence-electron chi connectivity index (χ4n) is 1.47. The van der Waals surface area contributed by atoms with Gasteiger partial charge in [-0.25, -0.2) is 0 Å². The molecule has 0 aliphatic rings. The summed E-state index contributed by atoms with van der Waals surface area (Å²) in [6.45, 7) is 0. The fourth-order valence-corrected chi connectivity index (χ4v) is 2.22. The number of aromatic hydroxyl groups is 1. The first-order chi connectivity index (χ1) is 8.61. The summed E-state index contributed by atoms with van der Waals surface area (Å²) < 4.78 is 5.07. The van der Waals surface area contributed by atoms with Crippen molar-refractivity contribution in [1.29, 1.82) is 0 Å². The Morgan fingerprint density at radius 2 is 2.22 bits per heavy atom. The molecule has 2 rings (SSSR count). The van der Waals surface area contributed by atoms with Crippen LogP contribution in [-0.2, 0) is 0 Å². The summed E-state index contributed by atoms with van der Waals surface area (Å²) in [5.74, 6) is 0.285. The van der Waals surface area contributed by atoms with Gasteiger partial charge >= 0.3 is 0 Å². The Balaban J connectivity index is 2.21. The van der Waals surface area contributed by atoms with Crippen LogP contribution in [0.25, 0.3) is 0 Å². The van der Waals surface area contributed by atoms with Gasteiger partial charge < -0.3 is 20.9 Å². The van der Waals surface area contributed by atoms with Gasteiger partial charge in [-0.2, -0.15) is 0 Å². The smallest absolute Gasteiger partial charge is 0.269 e. The molecule has 0 unspecified atom stereocenters. The summed E-state index contributed by atoms with van der Waals surface area (Å²) in [6, 6.07) is 6.10. The Morgan fingerprint density at radius 3 is 2.89 bits per heavy atom. The molecule has 94 valence electrons. The highest BCUT2D eigenvalue weighted by Crippen LogP contribution is 2.28. The second kappa shape index (κ2) is 4.97. The minimum absolute atomic E-state index is 0.0548. The SMILES string of the molecule is COc1ccsc1C(=O)Nc1ccc(O)cc1N. The average Bonchev–Trinajstić information content (AvgIpc) is 2.81. The van der Waals surface area contributed by atoms with E-state index in [1.165, 1.54) is 30.6 Å². The van der Waals surface area contributed by atoms with Crippen LogP contribution in [0, 0.1) is 0 Å². The lowest BCUT2D eigenvalue weighted by Gasteiger charge is -2.08. The molecule has 1 aromatic heterocycles. The highest BCUT2D eigenvalue weighted by molar-refractivity contribution is 7.12. The maximum atomic E-state index is 12.0. The molecule has 0 atom stereocenters. The van der Waals surface area contributed by atoms with Crippen LogP contribution < -0.4 is 15.8 Å². The molecule has 0 aliphatic heterocycles. The van der Waals surface area contributed by atoms with Crippen molar-refractivity contribution in [2.24, 2.45) is 0 Å². The summed E-state index contributed by atoms with van der Waals surface area (Å²) in [5, 5.41) is 13.7. The van der Waals surface area contributed by atoms with Gasteiger partial charge in [0, 0.05) is 6.07 Å². The van der Waals surface area contributed by atoms with Crippen molar-refractivity contribution >= 4 is 28.6 Å². The van der Waals surface area contributed by atoms with E-state index in [4.69, 9.17) is 10.5 Å². The molecule has 0 fully saturated rings. The third-order valence-electron chi connectivity index (χ3n) is 2.34. The van der Waals surface area contributed by atoms with Gasteiger partial charge in [0.15, 0.2) is 0 Å². The van der Waals surface area contributed by atoms with Crippen LogP contribution in [0.1, 0.15) is 9.67 Å². The van der Waals surface area contributed by atoms with Crippen LogP contribution in [0.3, 0.4) is 0 Å². The molecule has 0 saturated carbocycles. The highest BCUT2D eigenvalue weighted by atomic mass is 32.1. The molecule has 0 aliphatic carbocycles. The monoisotopic (exact) mass is 264 g/mol. The third kappa shape index (κ3) is 2.38. The van der Waals surface area contributed by atoms with E-state index < -0.39 is 0 Å². The number of thiophene rings is 1. The number of carbonyl (C=O) groups excluding carboxylic acids is 1. The van der Waals surface area contributed by atoms with E-state index in [0.717, 1.165) is 0 Å². The van der Waals surface area contributed by atoms with Crippen molar-refractivity contribution in [2.45, 2.75) is 0 Å². The molecule has 0 spiro atoms. The van der Waals surface area contributed by atoms with Crippen molar-refractivity contribution in [3.05, 3.63) is 34.5 Å². The highest BCUT2D eigenvalue weighted by Gasteiger charge is 2.15. The number of rotatable bonds is 3. The zero-order chi connectivity index (χ0) is 13.1. The lowest BCUT2D eigenvalue weighted by molar-refractivity contribution is 0.102. The van der Waals surface area contributed by atoms with Crippen LogP contribution >= 0.6 is 11.3 Å². The second-order valence-corrected chi connectivity index (χ2v) is 4.46. The molecule has 18 heavy (non-hydrogen) atoms. The van der Waals surface area contributed by atoms with E-state index in [2.05, 4.69) is 5.32 Å². The standard InChI is InChI=1S/C12H12N2O3S/c1-17-10-4-5-18-11(10)12(16)14-9-3-2-7(15)6-8(9)13/h2-6,15H,13H2,1H3,(H,14,16). The normalized spacial score (nSPS) is 10.1. The lowest BCUT2D eigenvalue weighted by Crippen LogP contribution is -2.12. The quantitative estimate of drug-likeness (QED) is 0.586. The summed E-state index contributed by atoms with van der Waals surface area (Å²) in [7, 11) is 1.51. The van der Waals surface area contributed by atoms with Gasteiger partial charge in [0.1, 0.15) is 16.4 Å². The van der Waals surface area contributed by atoms with Gasteiger partial charge in [0.25, 0.3) is 5.91 Å². The molecule has 5 nitrogen and oxygen atoms in total. The number of phenols is 1. The van der Waals surface area contributed by atoms with Crippen molar-refractivity contribution in [3.63, 3.8) is 0 Å². The Hall–Kier alpha value is -2.21. The molecular formula is C12H12N2O3S. The number of nitrogens with two attached hydrogens (primary N) is 1. The Labute approximate surface area is 108 Å². The van der Waals surface area contributed by atoms with Crippen molar-refractivity contribution in [1.82, 2.24) is 0 Å². The van der Waals surface area contributed by atoms with Crippen molar-refractivity contribution in [3.8, 4) is 11.5 Å². The Morgan fingerprint density at radius 1 is 1.44 bits per heavy atom. The predicted molar refractivity (Wildman–Crippen MR) is 71.3 cm³/mol. The van der Waals surface area contributed by atoms with Gasteiger partial charge in [-0.15, -0.1) is 11.3 Å². The number of amides is 1. The van der Waals surface area contributed by atoms with Gasteiger partial charge in [-0.3, -0.25) is 4.79 Å². The number of methoxy groups -OCH3 is 1. The van der Waals surface area contributed by atoms with E-state index in [-0.39, 0.29) is 11.7 Å². The first kappa shape index (κ1) is 12.3. The van der Waals surface area contributed by atoms with Crippen molar-refractivity contribution < 1.29 is 14.6 Å². The largest absolute Gasteiger partial charge is 0.508 e. The van der Waals surface area contributed by atoms with E-state index in [0.29, 0.717) is 22.0 Å². The van der Waals surface area contributed by atoms with Gasteiger partial charge in [-0.05, 0) is 23.6 Å². The van der Waals surface area contributed by atoms with Crippen LogP contribution in [-0.4, -0.2) is 18.1 Å². The number of carbonyl (C=O) groups is 1. The van der Waals surface area contributed by atoms with Crippen LogP contribution in [0.5, 0.6) is 11.5 Å². The topological polar surface area (TPSA) is 84.6 Å². The number of nitrogen functional groups attached to an aromatic ring is 1. The number of hydrogen-bond donors (Lipinski definition) is 3. The summed E-state index contributed by atoms with van der Waals surface area (Å²) in [5.41, 5.74) is 6.45. The van der Waals surface area contributed by atoms with E-state index >= 15 is 0 Å². The number of ether oxygens (including phenoxy) is 1. The molecule has 0 radical (unpaired) electrons. The zero-order valence-corrected chi connectivity index (χ0v) is 10.5. The fraction of sp³-hybridized carbons (Fsp3) is 0.0833. The molecule has 2 aromatic rings. The molecule has 1 amide bonds. The summed E-state index contributed by atoms with van der Waals surface area (Å²) in [4.78, 5) is 12.5. The number of hydrogen-bond acceptors (Lipinski definition) is 5. The zero-order valence-electron chi connectivity index (χ0n) is 9.64. The summed E-state index contributed by atoms with van der Waals surface area (Å²) in [6.07, 6.45) is 0. The maximum absolute atomic E-state index is 12.0. The van der Waals surface area contributed by atoms with Gasteiger partial charge in [0.2, 0.25) is 0 Å². The second-order valence-electron chi connectivity index (χ2n) is 3.54. The first-order valence-electron chi connectivity index (χ1n) is 5.13. The molecule has 0 bridgehead atoms. The average molecular weight is 264 g/mol. The molecule has 1 aromatic carbocycles. The number of nitrogens with one attached hydrogen (secondary N) is 1. The maximum Gasteiger partial charge on any atom is 0.269 e. The van der Waals surface area contributed by atoms with Crippen LogP contribution in [0.15, 0.2) is 29.6 Å². The first-order valence-corrected chi connectivity index (χ1v) is 6.01. The number of anilines is 2. The molecule has 4 N–H and O–H groups in total. The van der Waals surface area contributed by atoms with E-state index in [1.807, 2.05) is 0 Å².